The number of likely N-dealkylation sites (N-methyl/N-ethyl adjacent to an activating group) is 1. The minimum Gasteiger partial charge on any atom is -0.445 e. The Balaban J connectivity index is 1.43. The molecule has 0 radical (unpaired) electrons. The van der Waals surface area contributed by atoms with Crippen LogP contribution in [0.4, 0.5) is 25.8 Å². The summed E-state index contributed by atoms with van der Waals surface area (Å²) in [6.07, 6.45) is -1.36. The number of benzene rings is 2. The molecule has 49 heavy (non-hydrogen) atoms. The maximum absolute atomic E-state index is 12.8. The quantitative estimate of drug-likeness (QED) is 0.0850. The first-order valence-electron chi connectivity index (χ1n) is 15.6. The molecule has 0 aliphatic heterocycles. The first-order chi connectivity index (χ1) is 22.9. The number of nitro groups is 1. The standard InChI is InChI=1S/C33H43N5O11/c1-20(2)26(36-29(41)48-32(4,5)6)28(40)34-21(3)27(39)35-23-10-8-22(9-11-23)18-46-30(42)37(7)19-33(16-17-33)49-31(43)47-25-14-12-24(13-15-25)38(44)45/h8-15,20-21,26H,16-19H2,1-7H3,(H,34,40)(H,35,39)(H,36,41)/t21-,26-/m0/s1. The largest absolute Gasteiger partial charge is 0.514 e. The monoisotopic (exact) mass is 685 g/mol. The van der Waals surface area contributed by atoms with E-state index >= 15 is 0 Å². The molecule has 0 aromatic heterocycles. The van der Waals surface area contributed by atoms with Crippen LogP contribution in [-0.2, 0) is 30.4 Å². The van der Waals surface area contributed by atoms with Crippen molar-refractivity contribution in [3.05, 3.63) is 64.2 Å². The van der Waals surface area contributed by atoms with Gasteiger partial charge < -0.3 is 39.8 Å². The average Bonchev–Trinajstić information content (AvgIpc) is 3.76. The Morgan fingerprint density at radius 3 is 2.08 bits per heavy atom. The van der Waals surface area contributed by atoms with Gasteiger partial charge in [-0.15, -0.1) is 0 Å². The van der Waals surface area contributed by atoms with Crippen LogP contribution in [0.5, 0.6) is 5.75 Å². The Bertz CT molecular complexity index is 1520. The average molecular weight is 686 g/mol. The molecule has 2 atom stereocenters. The number of carbonyl (C=O) groups is 5. The van der Waals surface area contributed by atoms with Crippen molar-refractivity contribution in [3.8, 4) is 5.75 Å². The van der Waals surface area contributed by atoms with Gasteiger partial charge in [-0.05, 0) is 76.3 Å². The number of amides is 4. The lowest BCUT2D eigenvalue weighted by Gasteiger charge is -2.26. The molecule has 16 heteroatoms. The molecule has 3 N–H and O–H groups in total. The predicted molar refractivity (Wildman–Crippen MR) is 176 cm³/mol. The van der Waals surface area contributed by atoms with Gasteiger partial charge in [0.25, 0.3) is 5.69 Å². The molecule has 1 aliphatic carbocycles. The molecule has 2 aromatic carbocycles. The third kappa shape index (κ3) is 12.3. The van der Waals surface area contributed by atoms with E-state index in [2.05, 4.69) is 16.0 Å². The van der Waals surface area contributed by atoms with Gasteiger partial charge in [0, 0.05) is 24.9 Å². The Hall–Kier alpha value is -5.41. The second-order valence-electron chi connectivity index (χ2n) is 13.1. The summed E-state index contributed by atoms with van der Waals surface area (Å²) in [6.45, 7) is 10.2. The molecule has 16 nitrogen and oxygen atoms in total. The van der Waals surface area contributed by atoms with E-state index in [1.54, 1.807) is 58.9 Å². The normalized spacial score (nSPS) is 14.4. The van der Waals surface area contributed by atoms with Crippen molar-refractivity contribution in [2.45, 2.75) is 84.3 Å². The Labute approximate surface area is 283 Å². The summed E-state index contributed by atoms with van der Waals surface area (Å²) < 4.78 is 21.1. The summed E-state index contributed by atoms with van der Waals surface area (Å²) in [5.74, 6) is -1.21. The van der Waals surface area contributed by atoms with Crippen LogP contribution in [0.1, 0.15) is 59.9 Å². The van der Waals surface area contributed by atoms with Crippen molar-refractivity contribution in [2.24, 2.45) is 5.92 Å². The molecular weight excluding hydrogens is 642 g/mol. The number of nitro benzene ring substituents is 1. The third-order valence-electron chi connectivity index (χ3n) is 7.15. The second-order valence-corrected chi connectivity index (χ2v) is 13.1. The minimum absolute atomic E-state index is 0.0653. The zero-order valence-corrected chi connectivity index (χ0v) is 28.6. The number of rotatable bonds is 13. The van der Waals surface area contributed by atoms with E-state index < -0.39 is 58.4 Å². The van der Waals surface area contributed by atoms with Gasteiger partial charge in [0.05, 0.1) is 11.5 Å². The van der Waals surface area contributed by atoms with Crippen molar-refractivity contribution in [1.29, 1.82) is 0 Å². The van der Waals surface area contributed by atoms with Crippen LogP contribution in [0.3, 0.4) is 0 Å². The number of non-ortho nitro benzene ring substituents is 1. The Morgan fingerprint density at radius 1 is 0.939 bits per heavy atom. The summed E-state index contributed by atoms with van der Waals surface area (Å²) in [6, 6.07) is 9.66. The van der Waals surface area contributed by atoms with Gasteiger partial charge in [0.15, 0.2) is 0 Å². The summed E-state index contributed by atoms with van der Waals surface area (Å²) in [5, 5.41) is 18.7. The van der Waals surface area contributed by atoms with Crippen LogP contribution in [-0.4, -0.2) is 76.9 Å². The highest BCUT2D eigenvalue weighted by molar-refractivity contribution is 5.98. The van der Waals surface area contributed by atoms with Crippen LogP contribution >= 0.6 is 0 Å². The van der Waals surface area contributed by atoms with Crippen LogP contribution in [0.15, 0.2) is 48.5 Å². The maximum atomic E-state index is 12.8. The highest BCUT2D eigenvalue weighted by atomic mass is 16.7. The van der Waals surface area contributed by atoms with Crippen LogP contribution < -0.4 is 20.7 Å². The SMILES string of the molecule is CC(C)[C@H](NC(=O)OC(C)(C)C)C(=O)N[C@@H](C)C(=O)Nc1ccc(COC(=O)N(C)CC2(OC(=O)Oc3ccc([N+](=O)[O-])cc3)CC2)cc1. The number of anilines is 1. The van der Waals surface area contributed by atoms with E-state index in [9.17, 15) is 34.1 Å². The van der Waals surface area contributed by atoms with Crippen molar-refractivity contribution < 1.29 is 47.8 Å². The molecule has 2 aromatic rings. The topological polar surface area (TPSA) is 205 Å². The summed E-state index contributed by atoms with van der Waals surface area (Å²) >= 11 is 0. The van der Waals surface area contributed by atoms with E-state index in [4.69, 9.17) is 18.9 Å². The number of alkyl carbamates (subject to hydrolysis) is 1. The molecule has 1 aliphatic rings. The van der Waals surface area contributed by atoms with E-state index in [0.717, 1.165) is 0 Å². The number of ether oxygens (including phenoxy) is 4. The molecule has 0 bridgehead atoms. The van der Waals surface area contributed by atoms with E-state index in [-0.39, 0.29) is 30.5 Å². The first kappa shape index (κ1) is 38.0. The second kappa shape index (κ2) is 16.1. The number of carbonyl (C=O) groups excluding carboxylic acids is 5. The lowest BCUT2D eigenvalue weighted by atomic mass is 10.0. The summed E-state index contributed by atoms with van der Waals surface area (Å²) in [4.78, 5) is 74.2. The number of nitrogens with zero attached hydrogens (tertiary/aromatic N) is 2. The summed E-state index contributed by atoms with van der Waals surface area (Å²) in [7, 11) is 1.50. The predicted octanol–water partition coefficient (Wildman–Crippen LogP) is 4.90. The van der Waals surface area contributed by atoms with Crippen molar-refractivity contribution in [2.75, 3.05) is 18.9 Å². The molecular formula is C33H43N5O11. The van der Waals surface area contributed by atoms with Gasteiger partial charge in [-0.2, -0.15) is 0 Å². The molecule has 0 saturated heterocycles. The Kier molecular flexibility index (Phi) is 12.5. The molecule has 1 fully saturated rings. The number of hydrogen-bond acceptors (Lipinski definition) is 11. The fourth-order valence-corrected chi connectivity index (χ4v) is 4.39. The fourth-order valence-electron chi connectivity index (χ4n) is 4.39. The third-order valence-corrected chi connectivity index (χ3v) is 7.15. The van der Waals surface area contributed by atoms with Crippen LogP contribution in [0, 0.1) is 16.0 Å². The van der Waals surface area contributed by atoms with E-state index in [0.29, 0.717) is 24.1 Å². The zero-order valence-electron chi connectivity index (χ0n) is 28.6. The molecule has 0 spiro atoms. The lowest BCUT2D eigenvalue weighted by Crippen LogP contribution is -2.54. The molecule has 0 unspecified atom stereocenters. The van der Waals surface area contributed by atoms with Crippen LogP contribution in [0.2, 0.25) is 0 Å². The molecule has 1 saturated carbocycles. The highest BCUT2D eigenvalue weighted by Crippen LogP contribution is 2.40. The van der Waals surface area contributed by atoms with Crippen molar-refractivity contribution in [3.63, 3.8) is 0 Å². The maximum Gasteiger partial charge on any atom is 0.514 e. The van der Waals surface area contributed by atoms with Gasteiger partial charge >= 0.3 is 18.3 Å². The van der Waals surface area contributed by atoms with Crippen molar-refractivity contribution >= 4 is 41.5 Å². The summed E-state index contributed by atoms with van der Waals surface area (Å²) in [5.41, 5.74) is -0.731. The highest BCUT2D eigenvalue weighted by Gasteiger charge is 2.49. The number of nitrogens with one attached hydrogen (secondary N) is 3. The smallest absolute Gasteiger partial charge is 0.445 e. The molecule has 0 heterocycles. The number of hydrogen-bond donors (Lipinski definition) is 3. The van der Waals surface area contributed by atoms with E-state index in [1.807, 2.05) is 0 Å². The minimum atomic E-state index is -0.993. The van der Waals surface area contributed by atoms with Crippen molar-refractivity contribution in [1.82, 2.24) is 15.5 Å². The zero-order chi connectivity index (χ0) is 36.5. The van der Waals surface area contributed by atoms with E-state index in [1.165, 1.54) is 43.1 Å². The van der Waals surface area contributed by atoms with Gasteiger partial charge in [0.1, 0.15) is 35.6 Å². The molecule has 3 rings (SSSR count). The molecule has 4 amide bonds. The fraction of sp³-hybridized carbons (Fsp3) is 0.485. The Morgan fingerprint density at radius 2 is 1.55 bits per heavy atom. The first-order valence-corrected chi connectivity index (χ1v) is 15.6. The van der Waals surface area contributed by atoms with Gasteiger partial charge in [-0.25, -0.2) is 14.4 Å². The van der Waals surface area contributed by atoms with Gasteiger partial charge in [-0.3, -0.25) is 19.7 Å². The van der Waals surface area contributed by atoms with Crippen LogP contribution in [0.25, 0.3) is 0 Å². The molecule has 266 valence electrons. The lowest BCUT2D eigenvalue weighted by molar-refractivity contribution is -0.384. The van der Waals surface area contributed by atoms with Gasteiger partial charge in [0.2, 0.25) is 11.8 Å². The van der Waals surface area contributed by atoms with Gasteiger partial charge in [-0.1, -0.05) is 26.0 Å².